The molecular weight excluding hydrogens is 188 g/mol. The summed E-state index contributed by atoms with van der Waals surface area (Å²) in [7, 11) is 0. The van der Waals surface area contributed by atoms with Gasteiger partial charge in [-0.25, -0.2) is 0 Å². The molecule has 1 atom stereocenters. The number of benzene rings is 1. The molecule has 0 heterocycles. The zero-order valence-corrected chi connectivity index (χ0v) is 9.36. The fourth-order valence-corrected chi connectivity index (χ4v) is 1.39. The van der Waals surface area contributed by atoms with Crippen molar-refractivity contribution in [1.82, 2.24) is 0 Å². The second-order valence-electron chi connectivity index (χ2n) is 3.97. The summed E-state index contributed by atoms with van der Waals surface area (Å²) in [5.74, 6) is 0.394. The highest BCUT2D eigenvalue weighted by Crippen LogP contribution is 2.05. The van der Waals surface area contributed by atoms with Crippen molar-refractivity contribution in [1.29, 1.82) is 0 Å². The van der Waals surface area contributed by atoms with Crippen molar-refractivity contribution in [3.63, 3.8) is 0 Å². The third kappa shape index (κ3) is 5.55. The van der Waals surface area contributed by atoms with Crippen molar-refractivity contribution in [2.24, 2.45) is 5.92 Å². The molecule has 0 aliphatic carbocycles. The van der Waals surface area contributed by atoms with Crippen LogP contribution < -0.4 is 0 Å². The Balaban J connectivity index is 2.03. The predicted molar refractivity (Wildman–Crippen MR) is 61.6 cm³/mol. The second kappa shape index (κ2) is 7.43. The first-order chi connectivity index (χ1) is 7.33. The van der Waals surface area contributed by atoms with Crippen LogP contribution in [0.1, 0.15) is 25.3 Å². The molecule has 0 aliphatic heterocycles. The fraction of sp³-hybridized carbons (Fsp3) is 0.538. The molecule has 2 heteroatoms. The molecule has 0 amide bonds. The van der Waals surface area contributed by atoms with Gasteiger partial charge in [-0.2, -0.15) is 0 Å². The van der Waals surface area contributed by atoms with E-state index >= 15 is 0 Å². The van der Waals surface area contributed by atoms with Gasteiger partial charge in [0, 0.05) is 13.2 Å². The molecule has 0 radical (unpaired) electrons. The van der Waals surface area contributed by atoms with Gasteiger partial charge in [-0.05, 0) is 24.3 Å². The lowest BCUT2D eigenvalue weighted by Crippen LogP contribution is -2.03. The summed E-state index contributed by atoms with van der Waals surface area (Å²) in [6.45, 7) is 3.80. The molecule has 0 spiro atoms. The first-order valence-electron chi connectivity index (χ1n) is 5.55. The third-order valence-electron chi connectivity index (χ3n) is 2.41. The monoisotopic (exact) mass is 208 g/mol. The molecule has 0 fully saturated rings. The van der Waals surface area contributed by atoms with E-state index in [2.05, 4.69) is 19.1 Å². The van der Waals surface area contributed by atoms with Crippen LogP contribution in [0.5, 0.6) is 0 Å². The van der Waals surface area contributed by atoms with E-state index in [4.69, 9.17) is 9.84 Å². The first-order valence-corrected chi connectivity index (χ1v) is 5.55. The molecule has 1 rings (SSSR count). The Labute approximate surface area is 91.9 Å². The smallest absolute Gasteiger partial charge is 0.0716 e. The number of rotatable bonds is 7. The molecule has 0 saturated heterocycles. The molecule has 1 aromatic carbocycles. The Morgan fingerprint density at radius 2 is 2.00 bits per heavy atom. The topological polar surface area (TPSA) is 29.5 Å². The van der Waals surface area contributed by atoms with E-state index in [-0.39, 0.29) is 6.61 Å². The van der Waals surface area contributed by atoms with Crippen molar-refractivity contribution in [2.75, 3.05) is 13.2 Å². The lowest BCUT2D eigenvalue weighted by Gasteiger charge is -2.07. The molecule has 2 nitrogen and oxygen atoms in total. The Bertz CT molecular complexity index is 246. The lowest BCUT2D eigenvalue weighted by molar-refractivity contribution is 0.110. The Kier molecular flexibility index (Phi) is 6.05. The fourth-order valence-electron chi connectivity index (χ4n) is 1.39. The van der Waals surface area contributed by atoms with Crippen LogP contribution in [0.4, 0.5) is 0 Å². The molecule has 0 aliphatic rings. The van der Waals surface area contributed by atoms with E-state index in [0.29, 0.717) is 12.5 Å². The lowest BCUT2D eigenvalue weighted by atomic mass is 10.1. The third-order valence-corrected chi connectivity index (χ3v) is 2.41. The van der Waals surface area contributed by atoms with Crippen LogP contribution in [0.15, 0.2) is 30.3 Å². The molecule has 0 bridgehead atoms. The number of aliphatic hydroxyl groups is 1. The molecule has 15 heavy (non-hydrogen) atoms. The summed E-state index contributed by atoms with van der Waals surface area (Å²) in [4.78, 5) is 0. The molecule has 1 N–H and O–H groups in total. The first kappa shape index (κ1) is 12.2. The number of aliphatic hydroxyl groups excluding tert-OH is 1. The van der Waals surface area contributed by atoms with Crippen LogP contribution >= 0.6 is 0 Å². The summed E-state index contributed by atoms with van der Waals surface area (Å²) < 4.78 is 5.53. The Morgan fingerprint density at radius 3 is 2.67 bits per heavy atom. The molecule has 0 unspecified atom stereocenters. The Morgan fingerprint density at radius 1 is 1.27 bits per heavy atom. The summed E-state index contributed by atoms with van der Waals surface area (Å²) in [5, 5.41) is 8.83. The van der Waals surface area contributed by atoms with Crippen molar-refractivity contribution in [3.05, 3.63) is 35.9 Å². The Hall–Kier alpha value is -0.860. The normalized spacial score (nSPS) is 12.7. The van der Waals surface area contributed by atoms with E-state index in [0.717, 1.165) is 19.4 Å². The summed E-state index contributed by atoms with van der Waals surface area (Å²) >= 11 is 0. The quantitative estimate of drug-likeness (QED) is 0.698. The van der Waals surface area contributed by atoms with Gasteiger partial charge in [-0.15, -0.1) is 0 Å². The van der Waals surface area contributed by atoms with Crippen molar-refractivity contribution >= 4 is 0 Å². The van der Waals surface area contributed by atoms with E-state index in [1.165, 1.54) is 5.56 Å². The van der Waals surface area contributed by atoms with Crippen LogP contribution in [0.3, 0.4) is 0 Å². The number of hydrogen-bond donors (Lipinski definition) is 1. The minimum Gasteiger partial charge on any atom is -0.396 e. The van der Waals surface area contributed by atoms with E-state index in [1.54, 1.807) is 0 Å². The van der Waals surface area contributed by atoms with Gasteiger partial charge in [-0.1, -0.05) is 37.3 Å². The zero-order chi connectivity index (χ0) is 10.9. The van der Waals surface area contributed by atoms with Gasteiger partial charge in [0.25, 0.3) is 0 Å². The largest absolute Gasteiger partial charge is 0.396 e. The van der Waals surface area contributed by atoms with Gasteiger partial charge in [0.15, 0.2) is 0 Å². The maximum absolute atomic E-state index is 8.83. The van der Waals surface area contributed by atoms with Crippen molar-refractivity contribution < 1.29 is 9.84 Å². The van der Waals surface area contributed by atoms with Crippen molar-refractivity contribution in [2.45, 2.75) is 26.4 Å². The van der Waals surface area contributed by atoms with Gasteiger partial charge >= 0.3 is 0 Å². The van der Waals surface area contributed by atoms with Crippen molar-refractivity contribution in [3.8, 4) is 0 Å². The molecule has 0 saturated carbocycles. The maximum atomic E-state index is 8.83. The highest BCUT2D eigenvalue weighted by atomic mass is 16.5. The highest BCUT2D eigenvalue weighted by Gasteiger charge is 1.99. The van der Waals surface area contributed by atoms with Gasteiger partial charge in [0.2, 0.25) is 0 Å². The minimum atomic E-state index is 0.276. The maximum Gasteiger partial charge on any atom is 0.0716 e. The number of ether oxygens (including phenoxy) is 1. The highest BCUT2D eigenvalue weighted by molar-refractivity contribution is 5.13. The van der Waals surface area contributed by atoms with Crippen LogP contribution in [-0.4, -0.2) is 18.3 Å². The van der Waals surface area contributed by atoms with Crippen LogP contribution in [0, 0.1) is 5.92 Å². The molecule has 84 valence electrons. The average Bonchev–Trinajstić information content (AvgIpc) is 2.29. The van der Waals surface area contributed by atoms with E-state index in [9.17, 15) is 0 Å². The summed E-state index contributed by atoms with van der Waals surface area (Å²) in [6, 6.07) is 10.2. The molecular formula is C13H20O2. The van der Waals surface area contributed by atoms with Gasteiger partial charge in [-0.3, -0.25) is 0 Å². The minimum absolute atomic E-state index is 0.276. The average molecular weight is 208 g/mol. The van der Waals surface area contributed by atoms with Gasteiger partial charge < -0.3 is 9.84 Å². The molecule has 1 aromatic rings. The SMILES string of the molecule is C[C@@H](CO)CCCOCc1ccccc1. The van der Waals surface area contributed by atoms with Gasteiger partial charge in [0.1, 0.15) is 0 Å². The van der Waals surface area contributed by atoms with E-state index in [1.807, 2.05) is 18.2 Å². The van der Waals surface area contributed by atoms with Crippen LogP contribution in [-0.2, 0) is 11.3 Å². The van der Waals surface area contributed by atoms with Crippen LogP contribution in [0.2, 0.25) is 0 Å². The summed E-state index contributed by atoms with van der Waals surface area (Å²) in [5.41, 5.74) is 1.22. The summed E-state index contributed by atoms with van der Waals surface area (Å²) in [6.07, 6.45) is 2.06. The standard InChI is InChI=1S/C13H20O2/c1-12(10-14)6-5-9-15-11-13-7-3-2-4-8-13/h2-4,7-8,12,14H,5-6,9-11H2,1H3/t12-/m1/s1. The van der Waals surface area contributed by atoms with Crippen LogP contribution in [0.25, 0.3) is 0 Å². The molecule has 0 aromatic heterocycles. The second-order valence-corrected chi connectivity index (χ2v) is 3.97. The number of hydrogen-bond acceptors (Lipinski definition) is 2. The van der Waals surface area contributed by atoms with Gasteiger partial charge in [0.05, 0.1) is 6.61 Å². The zero-order valence-electron chi connectivity index (χ0n) is 9.36. The van der Waals surface area contributed by atoms with E-state index < -0.39 is 0 Å². The predicted octanol–water partition coefficient (Wildman–Crippen LogP) is 2.61.